The first-order chi connectivity index (χ1) is 9.81. The van der Waals surface area contributed by atoms with Gasteiger partial charge in [0.25, 0.3) is 0 Å². The van der Waals surface area contributed by atoms with E-state index in [0.29, 0.717) is 0 Å². The van der Waals surface area contributed by atoms with Gasteiger partial charge in [-0.3, -0.25) is 0 Å². The van der Waals surface area contributed by atoms with E-state index in [1.54, 1.807) is 0 Å². The summed E-state index contributed by atoms with van der Waals surface area (Å²) in [5.41, 5.74) is 3.89. The van der Waals surface area contributed by atoms with Crippen LogP contribution in [0.3, 0.4) is 0 Å². The molecule has 0 saturated carbocycles. The van der Waals surface area contributed by atoms with E-state index >= 15 is 0 Å². The molecule has 0 aliphatic heterocycles. The van der Waals surface area contributed by atoms with Gasteiger partial charge in [0, 0.05) is 20.2 Å². The summed E-state index contributed by atoms with van der Waals surface area (Å²) < 4.78 is 2.75. The van der Waals surface area contributed by atoms with Crippen LogP contribution in [0.2, 0.25) is 0 Å². The molecule has 1 heteroatoms. The summed E-state index contributed by atoms with van der Waals surface area (Å²) in [6.45, 7) is 2.15. The fourth-order valence-electron chi connectivity index (χ4n) is 2.69. The zero-order chi connectivity index (χ0) is 13.5. The molecule has 0 spiro atoms. The first-order valence-corrected chi connectivity index (χ1v) is 7.61. The molecule has 0 bridgehead atoms. The fourth-order valence-corrected chi connectivity index (χ4v) is 3.88. The summed E-state index contributed by atoms with van der Waals surface area (Å²) in [6.07, 6.45) is 0. The predicted molar refractivity (Wildman–Crippen MR) is 89.5 cm³/mol. The SMILES string of the molecule is Cc1ccc2c(c1)sc1ccc(-c3ccccc3)cc12. The highest BCUT2D eigenvalue weighted by Gasteiger charge is 2.06. The van der Waals surface area contributed by atoms with Crippen LogP contribution in [0.4, 0.5) is 0 Å². The topological polar surface area (TPSA) is 0 Å². The Labute approximate surface area is 122 Å². The summed E-state index contributed by atoms with van der Waals surface area (Å²) in [6, 6.07) is 24.1. The number of hydrogen-bond acceptors (Lipinski definition) is 1. The maximum atomic E-state index is 2.32. The third-order valence-corrected chi connectivity index (χ3v) is 4.87. The second-order valence-electron chi connectivity index (χ2n) is 5.18. The summed E-state index contributed by atoms with van der Waals surface area (Å²) in [5.74, 6) is 0. The van der Waals surface area contributed by atoms with Crippen LogP contribution in [-0.2, 0) is 0 Å². The van der Waals surface area contributed by atoms with Crippen molar-refractivity contribution in [2.24, 2.45) is 0 Å². The minimum Gasteiger partial charge on any atom is -0.135 e. The van der Waals surface area contributed by atoms with E-state index < -0.39 is 0 Å². The molecule has 20 heavy (non-hydrogen) atoms. The molecule has 4 aromatic rings. The van der Waals surface area contributed by atoms with Crippen LogP contribution in [0.15, 0.2) is 66.7 Å². The summed E-state index contributed by atoms with van der Waals surface area (Å²) in [7, 11) is 0. The Morgan fingerprint density at radius 1 is 0.650 bits per heavy atom. The molecule has 0 atom stereocenters. The quantitative estimate of drug-likeness (QED) is 0.397. The van der Waals surface area contributed by atoms with Gasteiger partial charge in [0.1, 0.15) is 0 Å². The maximum Gasteiger partial charge on any atom is 0.0358 e. The van der Waals surface area contributed by atoms with Crippen LogP contribution < -0.4 is 0 Å². The van der Waals surface area contributed by atoms with Gasteiger partial charge in [-0.05, 0) is 41.8 Å². The smallest absolute Gasteiger partial charge is 0.0358 e. The number of aryl methyl sites for hydroxylation is 1. The molecule has 0 N–H and O–H groups in total. The van der Waals surface area contributed by atoms with Crippen LogP contribution in [0.1, 0.15) is 5.56 Å². The van der Waals surface area contributed by atoms with Crippen molar-refractivity contribution >= 4 is 31.5 Å². The van der Waals surface area contributed by atoms with E-state index in [0.717, 1.165) is 0 Å². The van der Waals surface area contributed by atoms with E-state index in [-0.39, 0.29) is 0 Å². The zero-order valence-electron chi connectivity index (χ0n) is 11.3. The third-order valence-electron chi connectivity index (χ3n) is 3.73. The van der Waals surface area contributed by atoms with Crippen molar-refractivity contribution in [2.75, 3.05) is 0 Å². The van der Waals surface area contributed by atoms with Gasteiger partial charge in [0.15, 0.2) is 0 Å². The lowest BCUT2D eigenvalue weighted by molar-refractivity contribution is 1.52. The summed E-state index contributed by atoms with van der Waals surface area (Å²) in [5, 5.41) is 2.74. The van der Waals surface area contributed by atoms with Crippen LogP contribution >= 0.6 is 11.3 Å². The predicted octanol–water partition coefficient (Wildman–Crippen LogP) is 6.03. The summed E-state index contributed by atoms with van der Waals surface area (Å²) >= 11 is 1.88. The van der Waals surface area contributed by atoms with E-state index in [9.17, 15) is 0 Å². The second-order valence-corrected chi connectivity index (χ2v) is 6.26. The third kappa shape index (κ3) is 1.83. The zero-order valence-corrected chi connectivity index (χ0v) is 12.1. The van der Waals surface area contributed by atoms with Crippen molar-refractivity contribution in [1.29, 1.82) is 0 Å². The molecule has 1 aromatic heterocycles. The van der Waals surface area contributed by atoms with Crippen LogP contribution in [0.5, 0.6) is 0 Å². The van der Waals surface area contributed by atoms with Crippen LogP contribution in [0.25, 0.3) is 31.3 Å². The molecule has 1 heterocycles. The van der Waals surface area contributed by atoms with Gasteiger partial charge in [-0.15, -0.1) is 11.3 Å². The van der Waals surface area contributed by atoms with Gasteiger partial charge in [0.2, 0.25) is 0 Å². The van der Waals surface area contributed by atoms with Gasteiger partial charge in [-0.1, -0.05) is 48.5 Å². The van der Waals surface area contributed by atoms with Crippen molar-refractivity contribution in [1.82, 2.24) is 0 Å². The second kappa shape index (κ2) is 4.46. The highest BCUT2D eigenvalue weighted by Crippen LogP contribution is 2.36. The van der Waals surface area contributed by atoms with Crippen molar-refractivity contribution < 1.29 is 0 Å². The number of benzene rings is 3. The molecule has 4 rings (SSSR count). The molecular weight excluding hydrogens is 260 g/mol. The van der Waals surface area contributed by atoms with Crippen LogP contribution in [-0.4, -0.2) is 0 Å². The maximum absolute atomic E-state index is 2.32. The lowest BCUT2D eigenvalue weighted by atomic mass is 10.0. The first kappa shape index (κ1) is 11.7. The van der Waals surface area contributed by atoms with Gasteiger partial charge < -0.3 is 0 Å². The molecule has 0 aliphatic rings. The fraction of sp³-hybridized carbons (Fsp3) is 0.0526. The van der Waals surface area contributed by atoms with Gasteiger partial charge in [-0.2, -0.15) is 0 Å². The van der Waals surface area contributed by atoms with Gasteiger partial charge in [-0.25, -0.2) is 0 Å². The minimum atomic E-state index is 1.28. The Balaban J connectivity index is 2.01. The molecule has 0 radical (unpaired) electrons. The lowest BCUT2D eigenvalue weighted by Crippen LogP contribution is -1.76. The highest BCUT2D eigenvalue weighted by molar-refractivity contribution is 7.25. The molecule has 96 valence electrons. The van der Waals surface area contributed by atoms with Crippen molar-refractivity contribution in [3.05, 3.63) is 72.3 Å². The van der Waals surface area contributed by atoms with Gasteiger partial charge in [0.05, 0.1) is 0 Å². The number of rotatable bonds is 1. The Kier molecular flexibility index (Phi) is 2.61. The minimum absolute atomic E-state index is 1.28. The average molecular weight is 274 g/mol. The Bertz CT molecular complexity index is 901. The Morgan fingerprint density at radius 3 is 2.35 bits per heavy atom. The average Bonchev–Trinajstić information content (AvgIpc) is 2.84. The monoisotopic (exact) mass is 274 g/mol. The van der Waals surface area contributed by atoms with Crippen molar-refractivity contribution in [3.8, 4) is 11.1 Å². The molecule has 0 saturated heterocycles. The molecule has 0 fully saturated rings. The Morgan fingerprint density at radius 2 is 1.50 bits per heavy atom. The molecule has 0 aliphatic carbocycles. The number of hydrogen-bond donors (Lipinski definition) is 0. The van der Waals surface area contributed by atoms with Crippen molar-refractivity contribution in [2.45, 2.75) is 6.92 Å². The largest absolute Gasteiger partial charge is 0.135 e. The molecule has 3 aromatic carbocycles. The van der Waals surface area contributed by atoms with Crippen molar-refractivity contribution in [3.63, 3.8) is 0 Å². The molecule has 0 amide bonds. The molecular formula is C19H14S. The lowest BCUT2D eigenvalue weighted by Gasteiger charge is -2.01. The number of fused-ring (bicyclic) bond motifs is 3. The normalized spacial score (nSPS) is 11.2. The van der Waals surface area contributed by atoms with E-state index in [1.807, 2.05) is 11.3 Å². The Hall–Kier alpha value is -2.12. The molecule has 0 unspecified atom stereocenters. The van der Waals surface area contributed by atoms with E-state index in [1.165, 1.54) is 36.9 Å². The summed E-state index contributed by atoms with van der Waals surface area (Å²) in [4.78, 5) is 0. The van der Waals surface area contributed by atoms with Gasteiger partial charge >= 0.3 is 0 Å². The first-order valence-electron chi connectivity index (χ1n) is 6.79. The number of thiophene rings is 1. The molecule has 0 nitrogen and oxygen atoms in total. The standard InChI is InChI=1S/C19H14S/c1-13-7-9-16-17-12-15(14-5-3-2-4-6-14)8-10-18(17)20-19(16)11-13/h2-12H,1H3. The van der Waals surface area contributed by atoms with E-state index in [4.69, 9.17) is 0 Å². The highest BCUT2D eigenvalue weighted by atomic mass is 32.1. The van der Waals surface area contributed by atoms with E-state index in [2.05, 4.69) is 73.7 Å². The van der Waals surface area contributed by atoms with Crippen LogP contribution in [0, 0.1) is 6.92 Å².